The van der Waals surface area contributed by atoms with Crippen LogP contribution in [0.5, 0.6) is 0 Å². The Labute approximate surface area is 81.2 Å². The van der Waals surface area contributed by atoms with Crippen molar-refractivity contribution < 1.29 is 9.59 Å². The number of amides is 2. The Hall–Kier alpha value is -1.59. The number of nitrogens with zero attached hydrogens (tertiary/aromatic N) is 2. The van der Waals surface area contributed by atoms with Gasteiger partial charge in [-0.25, -0.2) is 0 Å². The van der Waals surface area contributed by atoms with Crippen LogP contribution in [-0.2, 0) is 9.59 Å². The zero-order valence-corrected chi connectivity index (χ0v) is 7.86. The molecule has 0 aliphatic carbocycles. The summed E-state index contributed by atoms with van der Waals surface area (Å²) in [5.41, 5.74) is 5.30. The molecule has 2 rings (SSSR count). The molecular weight excluding hydrogens is 184 g/mol. The topological polar surface area (TPSA) is 90.5 Å². The molecule has 2 aliphatic rings. The second kappa shape index (κ2) is 2.70. The molecule has 2 saturated heterocycles. The van der Waals surface area contributed by atoms with Gasteiger partial charge < -0.3 is 10.6 Å². The first kappa shape index (κ1) is 8.98. The van der Waals surface area contributed by atoms with Crippen LogP contribution in [0.4, 0.5) is 0 Å². The van der Waals surface area contributed by atoms with E-state index >= 15 is 0 Å². The van der Waals surface area contributed by atoms with Crippen molar-refractivity contribution in [3.63, 3.8) is 0 Å². The number of fused-ring (bicyclic) bond motifs is 1. The summed E-state index contributed by atoms with van der Waals surface area (Å²) in [6.45, 7) is 0.795. The van der Waals surface area contributed by atoms with Crippen molar-refractivity contribution in [1.29, 1.82) is 5.41 Å². The zero-order valence-electron chi connectivity index (χ0n) is 7.86. The molecule has 0 bridgehead atoms. The van der Waals surface area contributed by atoms with Gasteiger partial charge in [0.25, 0.3) is 0 Å². The Bertz CT molecular complexity index is 303. The summed E-state index contributed by atoms with van der Waals surface area (Å²) in [5, 5.41) is 7.22. The number of nitrogens with one attached hydrogen (secondary N) is 1. The molecule has 2 heterocycles. The molecule has 2 fully saturated rings. The Morgan fingerprint density at radius 2 is 1.79 bits per heavy atom. The number of hydrogen-bond acceptors (Lipinski definition) is 3. The molecule has 14 heavy (non-hydrogen) atoms. The van der Waals surface area contributed by atoms with E-state index in [-0.39, 0.29) is 29.6 Å². The van der Waals surface area contributed by atoms with Crippen molar-refractivity contribution in [3.05, 3.63) is 0 Å². The predicted octanol–water partition coefficient (Wildman–Crippen LogP) is -1.57. The maximum atomic E-state index is 11.5. The minimum Gasteiger partial charge on any atom is -0.370 e. The highest BCUT2D eigenvalue weighted by atomic mass is 16.2. The first-order valence-corrected chi connectivity index (χ1v) is 4.42. The van der Waals surface area contributed by atoms with E-state index in [2.05, 4.69) is 0 Å². The Morgan fingerprint density at radius 1 is 1.36 bits per heavy atom. The highest BCUT2D eigenvalue weighted by Crippen LogP contribution is 2.31. The molecule has 0 spiro atoms. The molecule has 0 aromatic heterocycles. The molecular formula is C8H12N4O2. The molecule has 2 aliphatic heterocycles. The number of likely N-dealkylation sites (tertiary alicyclic amines) is 2. The third-order valence-electron chi connectivity index (χ3n) is 2.96. The van der Waals surface area contributed by atoms with Gasteiger partial charge in [-0.05, 0) is 0 Å². The summed E-state index contributed by atoms with van der Waals surface area (Å²) in [7, 11) is 1.50. The summed E-state index contributed by atoms with van der Waals surface area (Å²) < 4.78 is 0. The summed E-state index contributed by atoms with van der Waals surface area (Å²) >= 11 is 0. The lowest BCUT2D eigenvalue weighted by molar-refractivity contribution is -0.138. The molecule has 0 aromatic carbocycles. The van der Waals surface area contributed by atoms with Crippen LogP contribution in [0, 0.1) is 17.2 Å². The van der Waals surface area contributed by atoms with Crippen molar-refractivity contribution in [2.24, 2.45) is 17.6 Å². The van der Waals surface area contributed by atoms with Crippen LogP contribution in [-0.4, -0.2) is 47.7 Å². The second-order valence-corrected chi connectivity index (χ2v) is 3.74. The minimum absolute atomic E-state index is 0.0670. The number of guanidine groups is 1. The van der Waals surface area contributed by atoms with Gasteiger partial charge in [-0.3, -0.25) is 19.9 Å². The van der Waals surface area contributed by atoms with Crippen molar-refractivity contribution in [2.45, 2.75) is 0 Å². The van der Waals surface area contributed by atoms with Gasteiger partial charge in [-0.15, -0.1) is 0 Å². The molecule has 0 saturated carbocycles. The summed E-state index contributed by atoms with van der Waals surface area (Å²) in [5.74, 6) is -0.956. The highest BCUT2D eigenvalue weighted by molar-refractivity contribution is 6.05. The number of rotatable bonds is 0. The number of hydrogen-bond donors (Lipinski definition) is 2. The predicted molar refractivity (Wildman–Crippen MR) is 48.2 cm³/mol. The van der Waals surface area contributed by atoms with Crippen LogP contribution < -0.4 is 5.73 Å². The monoisotopic (exact) mass is 196 g/mol. The van der Waals surface area contributed by atoms with Crippen molar-refractivity contribution in [3.8, 4) is 0 Å². The molecule has 6 heteroatoms. The van der Waals surface area contributed by atoms with E-state index in [4.69, 9.17) is 11.1 Å². The van der Waals surface area contributed by atoms with Crippen molar-refractivity contribution in [2.75, 3.05) is 20.1 Å². The van der Waals surface area contributed by atoms with Crippen LogP contribution in [0.1, 0.15) is 0 Å². The SMILES string of the molecule is CN1C(=O)[C@H]2CN(C(=N)N)C[C@H]2C1=O. The molecule has 76 valence electrons. The van der Waals surface area contributed by atoms with E-state index in [1.165, 1.54) is 11.9 Å². The second-order valence-electron chi connectivity index (χ2n) is 3.74. The summed E-state index contributed by atoms with van der Waals surface area (Å²) in [6.07, 6.45) is 0. The van der Waals surface area contributed by atoms with Crippen molar-refractivity contribution in [1.82, 2.24) is 9.80 Å². The molecule has 3 N–H and O–H groups in total. The average molecular weight is 196 g/mol. The lowest BCUT2D eigenvalue weighted by Gasteiger charge is -2.17. The third-order valence-corrected chi connectivity index (χ3v) is 2.96. The number of carbonyl (C=O) groups excluding carboxylic acids is 2. The Balaban J connectivity index is 2.20. The summed E-state index contributed by atoms with van der Waals surface area (Å²) in [4.78, 5) is 25.8. The van der Waals surface area contributed by atoms with Crippen LogP contribution >= 0.6 is 0 Å². The number of nitrogens with two attached hydrogens (primary N) is 1. The van der Waals surface area contributed by atoms with Gasteiger partial charge in [-0.1, -0.05) is 0 Å². The van der Waals surface area contributed by atoms with Crippen LogP contribution in [0.15, 0.2) is 0 Å². The number of carbonyl (C=O) groups is 2. The largest absolute Gasteiger partial charge is 0.370 e. The molecule has 6 nitrogen and oxygen atoms in total. The lowest BCUT2D eigenvalue weighted by atomic mass is 10.00. The quantitative estimate of drug-likeness (QED) is 0.278. The molecule has 0 aromatic rings. The normalized spacial score (nSPS) is 31.2. The van der Waals surface area contributed by atoms with Crippen LogP contribution in [0.3, 0.4) is 0 Å². The summed E-state index contributed by atoms with van der Waals surface area (Å²) in [6, 6.07) is 0. The van der Waals surface area contributed by atoms with Gasteiger partial charge >= 0.3 is 0 Å². The van der Waals surface area contributed by atoms with E-state index < -0.39 is 0 Å². The van der Waals surface area contributed by atoms with E-state index in [1.807, 2.05) is 0 Å². The first-order valence-electron chi connectivity index (χ1n) is 4.42. The fourth-order valence-electron chi connectivity index (χ4n) is 2.11. The van der Waals surface area contributed by atoms with Gasteiger partial charge in [-0.2, -0.15) is 0 Å². The molecule has 0 radical (unpaired) electrons. The maximum Gasteiger partial charge on any atom is 0.234 e. The molecule has 2 atom stereocenters. The fourth-order valence-corrected chi connectivity index (χ4v) is 2.11. The van der Waals surface area contributed by atoms with Gasteiger partial charge in [0.15, 0.2) is 5.96 Å². The number of imide groups is 1. The van der Waals surface area contributed by atoms with Gasteiger partial charge in [0.05, 0.1) is 11.8 Å². The maximum absolute atomic E-state index is 11.5. The zero-order chi connectivity index (χ0) is 10.5. The molecule has 2 amide bonds. The minimum atomic E-state index is -0.295. The van der Waals surface area contributed by atoms with Gasteiger partial charge in [0, 0.05) is 20.1 Å². The van der Waals surface area contributed by atoms with Crippen LogP contribution in [0.2, 0.25) is 0 Å². The van der Waals surface area contributed by atoms with E-state index in [0.717, 1.165) is 0 Å². The fraction of sp³-hybridized carbons (Fsp3) is 0.625. The average Bonchev–Trinajstić information content (AvgIpc) is 2.64. The smallest absolute Gasteiger partial charge is 0.234 e. The van der Waals surface area contributed by atoms with E-state index in [9.17, 15) is 9.59 Å². The first-order chi connectivity index (χ1) is 6.52. The van der Waals surface area contributed by atoms with E-state index in [0.29, 0.717) is 13.1 Å². The van der Waals surface area contributed by atoms with Gasteiger partial charge in [0.1, 0.15) is 0 Å². The highest BCUT2D eigenvalue weighted by Gasteiger charge is 2.51. The third kappa shape index (κ3) is 0.997. The van der Waals surface area contributed by atoms with Crippen LogP contribution in [0.25, 0.3) is 0 Å². The van der Waals surface area contributed by atoms with Crippen molar-refractivity contribution >= 4 is 17.8 Å². The van der Waals surface area contributed by atoms with E-state index in [1.54, 1.807) is 4.90 Å². The lowest BCUT2D eigenvalue weighted by Crippen LogP contribution is -2.39. The standard InChI is InChI=1S/C8H12N4O2/c1-11-6(13)4-2-12(8(9)10)3-5(4)7(11)14/h4-5H,2-3H2,1H3,(H3,9,10)/t4-,5+. The van der Waals surface area contributed by atoms with Gasteiger partial charge in [0.2, 0.25) is 11.8 Å². The Morgan fingerprint density at radius 3 is 2.14 bits per heavy atom. The molecule has 0 unspecified atom stereocenters. The Kier molecular flexibility index (Phi) is 1.73.